The minimum Gasteiger partial charge on any atom is -0.323 e. The van der Waals surface area contributed by atoms with E-state index in [0.29, 0.717) is 0 Å². The van der Waals surface area contributed by atoms with Crippen LogP contribution in [0.25, 0.3) is 5.69 Å². The summed E-state index contributed by atoms with van der Waals surface area (Å²) in [4.78, 5) is 0. The Labute approximate surface area is 95.1 Å². The molecule has 0 fully saturated rings. The second-order valence-electron chi connectivity index (χ2n) is 3.82. The first kappa shape index (κ1) is 10.8. The molecule has 0 aliphatic carbocycles. The van der Waals surface area contributed by atoms with Gasteiger partial charge >= 0.3 is 0 Å². The molecule has 0 bridgehead atoms. The van der Waals surface area contributed by atoms with Gasteiger partial charge in [-0.25, -0.2) is 4.68 Å². The predicted octanol–water partition coefficient (Wildman–Crippen LogP) is 2.07. The van der Waals surface area contributed by atoms with E-state index in [9.17, 15) is 0 Å². The van der Waals surface area contributed by atoms with Gasteiger partial charge in [0.1, 0.15) is 0 Å². The molecule has 0 aliphatic heterocycles. The monoisotopic (exact) mass is 216 g/mol. The molecule has 2 N–H and O–H groups in total. The Balaban J connectivity index is 2.20. The van der Waals surface area contributed by atoms with Gasteiger partial charge < -0.3 is 5.73 Å². The van der Waals surface area contributed by atoms with Crippen LogP contribution in [0.2, 0.25) is 0 Å². The van der Waals surface area contributed by atoms with Crippen molar-refractivity contribution in [1.29, 1.82) is 0 Å². The summed E-state index contributed by atoms with van der Waals surface area (Å²) in [7, 11) is 0. The number of para-hydroxylation sites is 1. The molecule has 0 spiro atoms. The molecule has 0 amide bonds. The largest absolute Gasteiger partial charge is 0.323 e. The van der Waals surface area contributed by atoms with Crippen molar-refractivity contribution in [2.45, 2.75) is 25.8 Å². The molecule has 1 atom stereocenters. The maximum Gasteiger partial charge on any atom is 0.0998 e. The van der Waals surface area contributed by atoms with Gasteiger partial charge in [0.2, 0.25) is 0 Å². The Kier molecular flexibility index (Phi) is 3.31. The van der Waals surface area contributed by atoms with Gasteiger partial charge in [0.15, 0.2) is 0 Å². The number of nitrogens with two attached hydrogens (primary N) is 1. The highest BCUT2D eigenvalue weighted by Gasteiger charge is 2.09. The molecule has 4 heteroatoms. The molecule has 16 heavy (non-hydrogen) atoms. The van der Waals surface area contributed by atoms with Gasteiger partial charge in [-0.2, -0.15) is 0 Å². The summed E-state index contributed by atoms with van der Waals surface area (Å²) in [5.74, 6) is 0. The normalized spacial score (nSPS) is 12.6. The Morgan fingerprint density at radius 3 is 2.75 bits per heavy atom. The predicted molar refractivity (Wildman–Crippen MR) is 63.2 cm³/mol. The number of benzene rings is 1. The second-order valence-corrected chi connectivity index (χ2v) is 3.82. The van der Waals surface area contributed by atoms with Gasteiger partial charge in [0.05, 0.1) is 23.6 Å². The molecule has 84 valence electrons. The van der Waals surface area contributed by atoms with Gasteiger partial charge in [-0.05, 0) is 18.6 Å². The van der Waals surface area contributed by atoms with Crippen molar-refractivity contribution in [3.63, 3.8) is 0 Å². The lowest BCUT2D eigenvalue weighted by atomic mass is 10.1. The lowest BCUT2D eigenvalue weighted by molar-refractivity contribution is 0.619. The van der Waals surface area contributed by atoms with Gasteiger partial charge in [-0.15, -0.1) is 5.10 Å². The summed E-state index contributed by atoms with van der Waals surface area (Å²) in [6, 6.07) is 9.89. The average molecular weight is 216 g/mol. The topological polar surface area (TPSA) is 56.7 Å². The third kappa shape index (κ3) is 2.28. The molecule has 1 aromatic carbocycles. The summed E-state index contributed by atoms with van der Waals surface area (Å²) in [6.07, 6.45) is 3.89. The van der Waals surface area contributed by atoms with E-state index in [1.54, 1.807) is 4.68 Å². The Hall–Kier alpha value is -1.68. The zero-order valence-corrected chi connectivity index (χ0v) is 9.37. The van der Waals surface area contributed by atoms with Crippen molar-refractivity contribution in [1.82, 2.24) is 15.0 Å². The van der Waals surface area contributed by atoms with Crippen LogP contribution >= 0.6 is 0 Å². The summed E-state index contributed by atoms with van der Waals surface area (Å²) < 4.78 is 1.75. The zero-order chi connectivity index (χ0) is 11.4. The van der Waals surface area contributed by atoms with Crippen molar-refractivity contribution in [3.8, 4) is 5.69 Å². The van der Waals surface area contributed by atoms with E-state index in [2.05, 4.69) is 17.2 Å². The molecular formula is C12H16N4. The number of nitrogens with zero attached hydrogens (tertiary/aromatic N) is 3. The highest BCUT2D eigenvalue weighted by atomic mass is 15.4. The SMILES string of the molecule is CCCC(N)c1cn(-c2ccccc2)nn1. The minimum atomic E-state index is -0.0116. The Morgan fingerprint density at radius 2 is 2.06 bits per heavy atom. The molecule has 1 heterocycles. The molecule has 1 unspecified atom stereocenters. The highest BCUT2D eigenvalue weighted by Crippen LogP contribution is 2.14. The first-order valence-corrected chi connectivity index (χ1v) is 5.54. The van der Waals surface area contributed by atoms with Gasteiger partial charge in [-0.1, -0.05) is 36.8 Å². The highest BCUT2D eigenvalue weighted by molar-refractivity contribution is 5.30. The first-order valence-electron chi connectivity index (χ1n) is 5.54. The van der Waals surface area contributed by atoms with Gasteiger partial charge in [0, 0.05) is 0 Å². The molecule has 0 saturated heterocycles. The first-order chi connectivity index (χ1) is 7.81. The number of aromatic nitrogens is 3. The molecular weight excluding hydrogens is 200 g/mol. The second kappa shape index (κ2) is 4.90. The van der Waals surface area contributed by atoms with Gasteiger partial charge in [-0.3, -0.25) is 0 Å². The van der Waals surface area contributed by atoms with E-state index >= 15 is 0 Å². The van der Waals surface area contributed by atoms with E-state index in [-0.39, 0.29) is 6.04 Å². The van der Waals surface area contributed by atoms with E-state index in [1.807, 2.05) is 36.5 Å². The van der Waals surface area contributed by atoms with E-state index in [1.165, 1.54) is 0 Å². The average Bonchev–Trinajstić information content (AvgIpc) is 2.80. The summed E-state index contributed by atoms with van der Waals surface area (Å²) in [5, 5.41) is 8.18. The lowest BCUT2D eigenvalue weighted by Gasteiger charge is -2.04. The van der Waals surface area contributed by atoms with Crippen LogP contribution in [0.5, 0.6) is 0 Å². The van der Waals surface area contributed by atoms with Crippen LogP contribution in [0.3, 0.4) is 0 Å². The zero-order valence-electron chi connectivity index (χ0n) is 9.37. The smallest absolute Gasteiger partial charge is 0.0998 e. The molecule has 4 nitrogen and oxygen atoms in total. The molecule has 2 aromatic rings. The maximum absolute atomic E-state index is 5.98. The molecule has 0 saturated carbocycles. The summed E-state index contributed by atoms with van der Waals surface area (Å²) >= 11 is 0. The van der Waals surface area contributed by atoms with Crippen LogP contribution in [0.4, 0.5) is 0 Å². The van der Waals surface area contributed by atoms with E-state index in [0.717, 1.165) is 24.2 Å². The van der Waals surface area contributed by atoms with Crippen molar-refractivity contribution in [2.75, 3.05) is 0 Å². The molecule has 0 aliphatic rings. The van der Waals surface area contributed by atoms with Crippen LogP contribution in [0.15, 0.2) is 36.5 Å². The van der Waals surface area contributed by atoms with Crippen LogP contribution in [-0.2, 0) is 0 Å². The molecule has 2 rings (SSSR count). The fourth-order valence-corrected chi connectivity index (χ4v) is 1.61. The number of hydrogen-bond acceptors (Lipinski definition) is 3. The summed E-state index contributed by atoms with van der Waals surface area (Å²) in [5.41, 5.74) is 7.84. The summed E-state index contributed by atoms with van der Waals surface area (Å²) in [6.45, 7) is 2.11. The Bertz CT molecular complexity index is 435. The molecule has 1 aromatic heterocycles. The van der Waals surface area contributed by atoms with Crippen molar-refractivity contribution in [2.24, 2.45) is 5.73 Å². The van der Waals surface area contributed by atoms with Crippen LogP contribution in [0, 0.1) is 0 Å². The van der Waals surface area contributed by atoms with Crippen LogP contribution < -0.4 is 5.73 Å². The Morgan fingerprint density at radius 1 is 1.31 bits per heavy atom. The standard InChI is InChI=1S/C12H16N4/c1-2-6-11(13)12-9-16(15-14-12)10-7-4-3-5-8-10/h3-5,7-9,11H,2,6,13H2,1H3. The van der Waals surface area contributed by atoms with E-state index in [4.69, 9.17) is 5.73 Å². The van der Waals surface area contributed by atoms with E-state index < -0.39 is 0 Å². The van der Waals surface area contributed by atoms with Crippen LogP contribution in [0.1, 0.15) is 31.5 Å². The third-order valence-electron chi connectivity index (χ3n) is 2.51. The quantitative estimate of drug-likeness (QED) is 0.851. The van der Waals surface area contributed by atoms with Gasteiger partial charge in [0.25, 0.3) is 0 Å². The van der Waals surface area contributed by atoms with Crippen molar-refractivity contribution >= 4 is 0 Å². The lowest BCUT2D eigenvalue weighted by Crippen LogP contribution is -2.09. The number of rotatable bonds is 4. The molecule has 0 radical (unpaired) electrons. The van der Waals surface area contributed by atoms with Crippen molar-refractivity contribution < 1.29 is 0 Å². The van der Waals surface area contributed by atoms with Crippen LogP contribution in [-0.4, -0.2) is 15.0 Å². The maximum atomic E-state index is 5.98. The third-order valence-corrected chi connectivity index (χ3v) is 2.51. The van der Waals surface area contributed by atoms with Crippen molar-refractivity contribution in [3.05, 3.63) is 42.2 Å². The fraction of sp³-hybridized carbons (Fsp3) is 0.333. The fourth-order valence-electron chi connectivity index (χ4n) is 1.61. The minimum absolute atomic E-state index is 0.0116. The number of hydrogen-bond donors (Lipinski definition) is 1.